The fourth-order valence-corrected chi connectivity index (χ4v) is 3.11. The van der Waals surface area contributed by atoms with Gasteiger partial charge in [0.05, 0.1) is 12.8 Å². The predicted molar refractivity (Wildman–Crippen MR) is 102 cm³/mol. The minimum absolute atomic E-state index is 0.0969. The third-order valence-corrected chi connectivity index (χ3v) is 4.50. The SMILES string of the molecule is COc1cc(NC(=O)CCc2ccccc2N)ccc1N1CCCC1=O. The molecule has 6 heteroatoms. The molecule has 6 nitrogen and oxygen atoms in total. The number of ether oxygens (including phenoxy) is 1. The van der Waals surface area contributed by atoms with Gasteiger partial charge in [-0.2, -0.15) is 0 Å². The maximum absolute atomic E-state index is 12.2. The van der Waals surface area contributed by atoms with Crippen LogP contribution in [0.5, 0.6) is 5.75 Å². The minimum atomic E-state index is -0.0969. The Labute approximate surface area is 152 Å². The summed E-state index contributed by atoms with van der Waals surface area (Å²) in [7, 11) is 1.56. The summed E-state index contributed by atoms with van der Waals surface area (Å²) < 4.78 is 5.41. The number of benzene rings is 2. The fraction of sp³-hybridized carbons (Fsp3) is 0.300. The van der Waals surface area contributed by atoms with Crippen molar-refractivity contribution < 1.29 is 14.3 Å². The van der Waals surface area contributed by atoms with Gasteiger partial charge in [-0.1, -0.05) is 18.2 Å². The Morgan fingerprint density at radius 1 is 1.27 bits per heavy atom. The topological polar surface area (TPSA) is 84.7 Å². The average molecular weight is 353 g/mol. The van der Waals surface area contributed by atoms with E-state index in [1.807, 2.05) is 30.3 Å². The second-order valence-corrected chi connectivity index (χ2v) is 6.28. The number of nitrogens with two attached hydrogens (primary N) is 1. The van der Waals surface area contributed by atoms with Crippen molar-refractivity contribution in [1.29, 1.82) is 0 Å². The number of para-hydroxylation sites is 1. The van der Waals surface area contributed by atoms with E-state index < -0.39 is 0 Å². The minimum Gasteiger partial charge on any atom is -0.494 e. The van der Waals surface area contributed by atoms with Crippen LogP contribution in [0.15, 0.2) is 42.5 Å². The number of rotatable bonds is 6. The number of nitrogen functional groups attached to an aromatic ring is 1. The highest BCUT2D eigenvalue weighted by Gasteiger charge is 2.24. The van der Waals surface area contributed by atoms with Gasteiger partial charge in [0.15, 0.2) is 0 Å². The lowest BCUT2D eigenvalue weighted by Crippen LogP contribution is -2.24. The van der Waals surface area contributed by atoms with E-state index in [2.05, 4.69) is 5.32 Å². The van der Waals surface area contributed by atoms with E-state index in [0.29, 0.717) is 42.9 Å². The zero-order valence-corrected chi connectivity index (χ0v) is 14.8. The smallest absolute Gasteiger partial charge is 0.227 e. The number of nitrogens with zero attached hydrogens (tertiary/aromatic N) is 1. The predicted octanol–water partition coefficient (Wildman–Crippen LogP) is 2.98. The Morgan fingerprint density at radius 3 is 2.77 bits per heavy atom. The summed E-state index contributed by atoms with van der Waals surface area (Å²) in [6.45, 7) is 0.694. The van der Waals surface area contributed by atoms with Gasteiger partial charge in [-0.3, -0.25) is 9.59 Å². The van der Waals surface area contributed by atoms with Crippen LogP contribution < -0.4 is 20.7 Å². The first-order valence-electron chi connectivity index (χ1n) is 8.70. The number of amides is 2. The molecule has 0 spiro atoms. The summed E-state index contributed by atoms with van der Waals surface area (Å²) in [5.74, 6) is 0.575. The highest BCUT2D eigenvalue weighted by Crippen LogP contribution is 2.33. The number of aryl methyl sites for hydroxylation is 1. The van der Waals surface area contributed by atoms with Crippen LogP contribution >= 0.6 is 0 Å². The van der Waals surface area contributed by atoms with Gasteiger partial charge in [-0.15, -0.1) is 0 Å². The zero-order valence-electron chi connectivity index (χ0n) is 14.8. The quantitative estimate of drug-likeness (QED) is 0.782. The van der Waals surface area contributed by atoms with Crippen LogP contribution in [0.4, 0.5) is 17.1 Å². The van der Waals surface area contributed by atoms with Crippen LogP contribution in [-0.2, 0) is 16.0 Å². The van der Waals surface area contributed by atoms with Gasteiger partial charge >= 0.3 is 0 Å². The molecule has 0 bridgehead atoms. The first-order valence-corrected chi connectivity index (χ1v) is 8.70. The van der Waals surface area contributed by atoms with Crippen LogP contribution in [0.3, 0.4) is 0 Å². The van der Waals surface area contributed by atoms with E-state index in [4.69, 9.17) is 10.5 Å². The molecule has 1 saturated heterocycles. The molecule has 0 aromatic heterocycles. The second kappa shape index (κ2) is 7.91. The molecular weight excluding hydrogens is 330 g/mol. The van der Waals surface area contributed by atoms with Crippen molar-refractivity contribution >= 4 is 28.9 Å². The Balaban J connectivity index is 1.65. The van der Waals surface area contributed by atoms with Crippen molar-refractivity contribution in [2.24, 2.45) is 0 Å². The van der Waals surface area contributed by atoms with E-state index in [-0.39, 0.29) is 11.8 Å². The third kappa shape index (κ3) is 3.96. The van der Waals surface area contributed by atoms with Gasteiger partial charge in [-0.05, 0) is 36.6 Å². The first-order chi connectivity index (χ1) is 12.6. The summed E-state index contributed by atoms with van der Waals surface area (Å²) >= 11 is 0. The molecule has 1 heterocycles. The third-order valence-electron chi connectivity index (χ3n) is 4.50. The van der Waals surface area contributed by atoms with Gasteiger partial charge in [0.25, 0.3) is 0 Å². The van der Waals surface area contributed by atoms with E-state index in [1.165, 1.54) is 0 Å². The Bertz CT molecular complexity index is 820. The molecule has 0 saturated carbocycles. The van der Waals surface area contributed by atoms with E-state index >= 15 is 0 Å². The summed E-state index contributed by atoms with van der Waals surface area (Å²) in [6.07, 6.45) is 2.33. The highest BCUT2D eigenvalue weighted by molar-refractivity contribution is 5.98. The average Bonchev–Trinajstić information content (AvgIpc) is 3.06. The largest absolute Gasteiger partial charge is 0.494 e. The number of carbonyl (C=O) groups excluding carboxylic acids is 2. The van der Waals surface area contributed by atoms with Crippen molar-refractivity contribution in [1.82, 2.24) is 0 Å². The molecule has 2 amide bonds. The normalized spacial score (nSPS) is 13.7. The van der Waals surface area contributed by atoms with Gasteiger partial charge in [0, 0.05) is 36.8 Å². The van der Waals surface area contributed by atoms with Gasteiger partial charge in [0.2, 0.25) is 11.8 Å². The van der Waals surface area contributed by atoms with Crippen LogP contribution in [0, 0.1) is 0 Å². The van der Waals surface area contributed by atoms with Crippen LogP contribution in [0.2, 0.25) is 0 Å². The Kier molecular flexibility index (Phi) is 5.41. The molecule has 0 aliphatic carbocycles. The molecule has 3 N–H and O–H groups in total. The van der Waals surface area contributed by atoms with E-state index in [9.17, 15) is 9.59 Å². The second-order valence-electron chi connectivity index (χ2n) is 6.28. The number of hydrogen-bond acceptors (Lipinski definition) is 4. The molecule has 1 aliphatic heterocycles. The van der Waals surface area contributed by atoms with Crippen LogP contribution in [0.25, 0.3) is 0 Å². The summed E-state index contributed by atoms with van der Waals surface area (Å²) in [5, 5.41) is 2.87. The molecule has 0 radical (unpaired) electrons. The molecule has 1 fully saturated rings. The van der Waals surface area contributed by atoms with Gasteiger partial charge in [-0.25, -0.2) is 0 Å². The molecule has 0 atom stereocenters. The number of nitrogens with one attached hydrogen (secondary N) is 1. The number of hydrogen-bond donors (Lipinski definition) is 2. The molecule has 2 aromatic rings. The van der Waals surface area contributed by atoms with Gasteiger partial charge < -0.3 is 20.7 Å². The summed E-state index contributed by atoms with van der Waals surface area (Å²) in [6, 6.07) is 12.9. The summed E-state index contributed by atoms with van der Waals surface area (Å²) in [5.41, 5.74) is 8.94. The number of carbonyl (C=O) groups is 2. The van der Waals surface area contributed by atoms with Crippen LogP contribution in [0.1, 0.15) is 24.8 Å². The highest BCUT2D eigenvalue weighted by atomic mass is 16.5. The van der Waals surface area contributed by atoms with E-state index in [1.54, 1.807) is 24.1 Å². The number of methoxy groups -OCH3 is 1. The lowest BCUT2D eigenvalue weighted by Gasteiger charge is -2.19. The molecule has 136 valence electrons. The molecule has 26 heavy (non-hydrogen) atoms. The maximum Gasteiger partial charge on any atom is 0.227 e. The van der Waals surface area contributed by atoms with Crippen molar-refractivity contribution in [3.63, 3.8) is 0 Å². The lowest BCUT2D eigenvalue weighted by atomic mass is 10.1. The van der Waals surface area contributed by atoms with Crippen molar-refractivity contribution in [3.05, 3.63) is 48.0 Å². The van der Waals surface area contributed by atoms with Gasteiger partial charge in [0.1, 0.15) is 5.75 Å². The number of anilines is 3. The van der Waals surface area contributed by atoms with Crippen molar-refractivity contribution in [2.45, 2.75) is 25.7 Å². The van der Waals surface area contributed by atoms with Crippen LogP contribution in [-0.4, -0.2) is 25.5 Å². The Morgan fingerprint density at radius 2 is 2.08 bits per heavy atom. The monoisotopic (exact) mass is 353 g/mol. The summed E-state index contributed by atoms with van der Waals surface area (Å²) in [4.78, 5) is 25.9. The van der Waals surface area contributed by atoms with Crippen molar-refractivity contribution in [3.8, 4) is 5.75 Å². The molecular formula is C20H23N3O3. The molecule has 2 aromatic carbocycles. The zero-order chi connectivity index (χ0) is 18.5. The first kappa shape index (κ1) is 17.8. The standard InChI is InChI=1S/C20H23N3O3/c1-26-18-13-15(9-10-17(18)23-12-4-7-20(23)25)22-19(24)11-8-14-5-2-3-6-16(14)21/h2-3,5-6,9-10,13H,4,7-8,11-12,21H2,1H3,(H,22,24). The maximum atomic E-state index is 12.2. The lowest BCUT2D eigenvalue weighted by molar-refractivity contribution is -0.117. The molecule has 3 rings (SSSR count). The van der Waals surface area contributed by atoms with Crippen molar-refractivity contribution in [2.75, 3.05) is 29.6 Å². The fourth-order valence-electron chi connectivity index (χ4n) is 3.11. The molecule has 1 aliphatic rings. The van der Waals surface area contributed by atoms with E-state index in [0.717, 1.165) is 17.7 Å². The Hall–Kier alpha value is -3.02. The molecule has 0 unspecified atom stereocenters.